The summed E-state index contributed by atoms with van der Waals surface area (Å²) in [5.74, 6) is -0.754. The van der Waals surface area contributed by atoms with Gasteiger partial charge in [0.05, 0.1) is 0 Å². The van der Waals surface area contributed by atoms with E-state index in [1.54, 1.807) is 19.1 Å². The van der Waals surface area contributed by atoms with E-state index in [9.17, 15) is 14.0 Å². The third-order valence-corrected chi connectivity index (χ3v) is 2.76. The zero-order valence-corrected chi connectivity index (χ0v) is 10.7. The zero-order chi connectivity index (χ0) is 13.7. The van der Waals surface area contributed by atoms with Crippen LogP contribution < -0.4 is 5.32 Å². The lowest BCUT2D eigenvalue weighted by Crippen LogP contribution is -2.45. The van der Waals surface area contributed by atoms with Gasteiger partial charge >= 0.3 is 0 Å². The average Bonchev–Trinajstić information content (AvgIpc) is 2.36. The van der Waals surface area contributed by atoms with Crippen molar-refractivity contribution in [2.24, 2.45) is 0 Å². The Morgan fingerprint density at radius 3 is 2.33 bits per heavy atom. The van der Waals surface area contributed by atoms with Gasteiger partial charge in [0.1, 0.15) is 11.9 Å². The largest absolute Gasteiger partial charge is 0.357 e. The van der Waals surface area contributed by atoms with Crippen LogP contribution in [0.2, 0.25) is 0 Å². The first kappa shape index (κ1) is 14.2. The molecule has 98 valence electrons. The molecule has 0 bridgehead atoms. The van der Waals surface area contributed by atoms with Gasteiger partial charge in [0.15, 0.2) is 0 Å². The van der Waals surface area contributed by atoms with Gasteiger partial charge in [0.25, 0.3) is 0 Å². The Morgan fingerprint density at radius 1 is 1.33 bits per heavy atom. The molecule has 0 aliphatic rings. The summed E-state index contributed by atoms with van der Waals surface area (Å²) in [5, 5.41) is 2.50. The Hall–Kier alpha value is -1.91. The summed E-state index contributed by atoms with van der Waals surface area (Å²) in [6.07, 6.45) is 0. The SMILES string of the molecule is CNC(=O)[C@H](C)N(Cc1ccc(F)cc1)C(C)=O. The molecule has 0 aliphatic carbocycles. The summed E-state index contributed by atoms with van der Waals surface area (Å²) >= 11 is 0. The molecule has 4 nitrogen and oxygen atoms in total. The quantitative estimate of drug-likeness (QED) is 0.878. The van der Waals surface area contributed by atoms with E-state index in [-0.39, 0.29) is 24.2 Å². The van der Waals surface area contributed by atoms with Crippen LogP contribution >= 0.6 is 0 Å². The van der Waals surface area contributed by atoms with Gasteiger partial charge in [-0.2, -0.15) is 0 Å². The molecule has 1 N–H and O–H groups in total. The summed E-state index contributed by atoms with van der Waals surface area (Å²) in [5.41, 5.74) is 0.780. The van der Waals surface area contributed by atoms with E-state index in [0.29, 0.717) is 0 Å². The van der Waals surface area contributed by atoms with Crippen LogP contribution in [0.5, 0.6) is 0 Å². The van der Waals surface area contributed by atoms with Crippen LogP contribution in [-0.4, -0.2) is 29.8 Å². The number of hydrogen-bond acceptors (Lipinski definition) is 2. The molecular weight excluding hydrogens is 235 g/mol. The Balaban J connectivity index is 2.84. The molecule has 18 heavy (non-hydrogen) atoms. The second kappa shape index (κ2) is 6.14. The van der Waals surface area contributed by atoms with E-state index >= 15 is 0 Å². The predicted octanol–water partition coefficient (Wildman–Crippen LogP) is 1.31. The second-order valence-electron chi connectivity index (χ2n) is 4.06. The second-order valence-corrected chi connectivity index (χ2v) is 4.06. The third kappa shape index (κ3) is 3.55. The number of rotatable bonds is 4. The highest BCUT2D eigenvalue weighted by molar-refractivity contribution is 5.86. The lowest BCUT2D eigenvalue weighted by molar-refractivity contribution is -0.138. The Bertz CT molecular complexity index is 431. The first-order valence-electron chi connectivity index (χ1n) is 5.69. The Morgan fingerprint density at radius 2 is 1.89 bits per heavy atom. The number of likely N-dealkylation sites (N-methyl/N-ethyl adjacent to an activating group) is 1. The topological polar surface area (TPSA) is 49.4 Å². The fourth-order valence-corrected chi connectivity index (χ4v) is 1.66. The van der Waals surface area contributed by atoms with E-state index in [2.05, 4.69) is 5.32 Å². The Labute approximate surface area is 106 Å². The molecule has 1 aromatic rings. The summed E-state index contributed by atoms with van der Waals surface area (Å²) < 4.78 is 12.8. The van der Waals surface area contributed by atoms with Crippen molar-refractivity contribution in [3.05, 3.63) is 35.6 Å². The maximum Gasteiger partial charge on any atom is 0.242 e. The van der Waals surface area contributed by atoms with Gasteiger partial charge in [-0.05, 0) is 24.6 Å². The van der Waals surface area contributed by atoms with E-state index in [4.69, 9.17) is 0 Å². The molecular formula is C13H17FN2O2. The van der Waals surface area contributed by atoms with Crippen molar-refractivity contribution in [1.82, 2.24) is 10.2 Å². The molecule has 0 fully saturated rings. The van der Waals surface area contributed by atoms with Gasteiger partial charge in [-0.25, -0.2) is 4.39 Å². The van der Waals surface area contributed by atoms with Crippen LogP contribution in [0.4, 0.5) is 4.39 Å². The van der Waals surface area contributed by atoms with Crippen molar-refractivity contribution in [2.45, 2.75) is 26.4 Å². The van der Waals surface area contributed by atoms with Crippen molar-refractivity contribution < 1.29 is 14.0 Å². The smallest absolute Gasteiger partial charge is 0.242 e. The molecule has 0 spiro atoms. The first-order valence-corrected chi connectivity index (χ1v) is 5.69. The lowest BCUT2D eigenvalue weighted by atomic mass is 10.1. The number of amides is 2. The van der Waals surface area contributed by atoms with Crippen LogP contribution in [0.15, 0.2) is 24.3 Å². The molecule has 5 heteroatoms. The zero-order valence-electron chi connectivity index (χ0n) is 10.7. The van der Waals surface area contributed by atoms with Crippen LogP contribution in [0.3, 0.4) is 0 Å². The van der Waals surface area contributed by atoms with Gasteiger partial charge < -0.3 is 10.2 Å². The maximum atomic E-state index is 12.8. The number of nitrogens with one attached hydrogen (secondary N) is 1. The molecule has 2 amide bonds. The normalized spacial score (nSPS) is 11.8. The van der Waals surface area contributed by atoms with Crippen molar-refractivity contribution in [2.75, 3.05) is 7.05 Å². The molecule has 1 rings (SSSR count). The van der Waals surface area contributed by atoms with Gasteiger partial charge in [-0.15, -0.1) is 0 Å². The van der Waals surface area contributed by atoms with Crippen LogP contribution in [0.1, 0.15) is 19.4 Å². The number of carbonyl (C=O) groups is 2. The van der Waals surface area contributed by atoms with Gasteiger partial charge in [0.2, 0.25) is 11.8 Å². The third-order valence-electron chi connectivity index (χ3n) is 2.76. The molecule has 0 saturated carbocycles. The number of halogens is 1. The minimum Gasteiger partial charge on any atom is -0.357 e. The van der Waals surface area contributed by atoms with Crippen molar-refractivity contribution in [3.63, 3.8) is 0 Å². The summed E-state index contributed by atoms with van der Waals surface area (Å²) in [4.78, 5) is 24.5. The summed E-state index contributed by atoms with van der Waals surface area (Å²) in [6.45, 7) is 3.34. The molecule has 0 aromatic heterocycles. The lowest BCUT2D eigenvalue weighted by Gasteiger charge is -2.27. The molecule has 0 saturated heterocycles. The minimum atomic E-state index is -0.558. The van der Waals surface area contributed by atoms with E-state index in [1.807, 2.05) is 0 Å². The minimum absolute atomic E-state index is 0.199. The number of hydrogen-bond donors (Lipinski definition) is 1. The van der Waals surface area contributed by atoms with Gasteiger partial charge in [-0.3, -0.25) is 9.59 Å². The molecule has 1 aromatic carbocycles. The number of benzene rings is 1. The van der Waals surface area contributed by atoms with Crippen molar-refractivity contribution >= 4 is 11.8 Å². The predicted molar refractivity (Wildman–Crippen MR) is 66.2 cm³/mol. The highest BCUT2D eigenvalue weighted by Crippen LogP contribution is 2.10. The van der Waals surface area contributed by atoms with Gasteiger partial charge in [0, 0.05) is 20.5 Å². The van der Waals surface area contributed by atoms with Crippen molar-refractivity contribution in [1.29, 1.82) is 0 Å². The van der Waals surface area contributed by atoms with Gasteiger partial charge in [-0.1, -0.05) is 12.1 Å². The maximum absolute atomic E-state index is 12.8. The standard InChI is InChI=1S/C13H17FN2O2/c1-9(13(18)15-3)16(10(2)17)8-11-4-6-12(14)7-5-11/h4-7,9H,8H2,1-3H3,(H,15,18)/t9-/m0/s1. The van der Waals surface area contributed by atoms with E-state index in [0.717, 1.165) is 5.56 Å². The molecule has 0 heterocycles. The summed E-state index contributed by atoms with van der Waals surface area (Å²) in [6, 6.07) is 5.30. The molecule has 0 unspecified atom stereocenters. The highest BCUT2D eigenvalue weighted by atomic mass is 19.1. The average molecular weight is 252 g/mol. The fourth-order valence-electron chi connectivity index (χ4n) is 1.66. The Kier molecular flexibility index (Phi) is 4.83. The highest BCUT2D eigenvalue weighted by Gasteiger charge is 2.22. The molecule has 1 atom stereocenters. The number of carbonyl (C=O) groups excluding carboxylic acids is 2. The van der Waals surface area contributed by atoms with E-state index in [1.165, 1.54) is 31.0 Å². The molecule has 0 aliphatic heterocycles. The van der Waals surface area contributed by atoms with Crippen molar-refractivity contribution in [3.8, 4) is 0 Å². The number of nitrogens with zero attached hydrogens (tertiary/aromatic N) is 1. The fraction of sp³-hybridized carbons (Fsp3) is 0.385. The first-order chi connectivity index (χ1) is 8.45. The molecule has 0 radical (unpaired) electrons. The monoisotopic (exact) mass is 252 g/mol. The van der Waals surface area contributed by atoms with E-state index < -0.39 is 6.04 Å². The summed E-state index contributed by atoms with van der Waals surface area (Å²) in [7, 11) is 1.52. The van der Waals surface area contributed by atoms with Crippen LogP contribution in [0, 0.1) is 5.82 Å². The van der Waals surface area contributed by atoms with Crippen LogP contribution in [-0.2, 0) is 16.1 Å². The van der Waals surface area contributed by atoms with Crippen LogP contribution in [0.25, 0.3) is 0 Å².